The van der Waals surface area contributed by atoms with Gasteiger partial charge >= 0.3 is 5.69 Å². The van der Waals surface area contributed by atoms with Crippen LogP contribution in [0.15, 0.2) is 12.1 Å². The van der Waals surface area contributed by atoms with E-state index in [9.17, 15) is 10.1 Å². The molecule has 1 aromatic carbocycles. The first-order valence-electron chi connectivity index (χ1n) is 9.45. The minimum absolute atomic E-state index is 0.101. The van der Waals surface area contributed by atoms with Gasteiger partial charge in [-0.25, -0.2) is 0 Å². The molecule has 8 heteroatoms. The Bertz CT molecular complexity index is 818. The van der Waals surface area contributed by atoms with Gasteiger partial charge in [-0.15, -0.1) is 0 Å². The average molecular weight is 374 g/mol. The SMILES string of the molecule is CCCN1CCc2[nH]nc(-c3cc(OCC)c(OCC)c([N+](=O)[O-])c3)c2C1. The largest absolute Gasteiger partial charge is 0.490 e. The monoisotopic (exact) mass is 374 g/mol. The number of nitro groups is 1. The maximum Gasteiger partial charge on any atom is 0.315 e. The van der Waals surface area contributed by atoms with Crippen LogP contribution in [0.4, 0.5) is 5.69 Å². The number of aromatic amines is 1. The van der Waals surface area contributed by atoms with Gasteiger partial charge in [0.25, 0.3) is 0 Å². The van der Waals surface area contributed by atoms with E-state index in [4.69, 9.17) is 9.47 Å². The van der Waals surface area contributed by atoms with Crippen molar-refractivity contribution in [3.05, 3.63) is 33.5 Å². The van der Waals surface area contributed by atoms with Crippen LogP contribution in [0.25, 0.3) is 11.3 Å². The highest BCUT2D eigenvalue weighted by Crippen LogP contribution is 2.42. The number of benzene rings is 1. The van der Waals surface area contributed by atoms with Crippen molar-refractivity contribution in [1.29, 1.82) is 0 Å². The predicted molar refractivity (Wildman–Crippen MR) is 102 cm³/mol. The molecule has 0 atom stereocenters. The van der Waals surface area contributed by atoms with Gasteiger partial charge in [0.15, 0.2) is 5.75 Å². The maximum atomic E-state index is 11.6. The topological polar surface area (TPSA) is 93.5 Å². The average Bonchev–Trinajstić information content (AvgIpc) is 3.06. The second-order valence-electron chi connectivity index (χ2n) is 6.50. The molecule has 0 radical (unpaired) electrons. The van der Waals surface area contributed by atoms with E-state index in [1.165, 1.54) is 6.07 Å². The lowest BCUT2D eigenvalue weighted by Crippen LogP contribution is -2.31. The summed E-state index contributed by atoms with van der Waals surface area (Å²) in [5.74, 6) is 0.548. The minimum atomic E-state index is -0.431. The van der Waals surface area contributed by atoms with Crippen LogP contribution in [0.5, 0.6) is 11.5 Å². The van der Waals surface area contributed by atoms with Crippen LogP contribution in [-0.2, 0) is 13.0 Å². The third kappa shape index (κ3) is 3.90. The van der Waals surface area contributed by atoms with Crippen molar-refractivity contribution in [3.8, 4) is 22.8 Å². The van der Waals surface area contributed by atoms with Crippen molar-refractivity contribution < 1.29 is 14.4 Å². The van der Waals surface area contributed by atoms with Crippen molar-refractivity contribution in [2.75, 3.05) is 26.3 Å². The third-order valence-electron chi connectivity index (χ3n) is 4.65. The highest BCUT2D eigenvalue weighted by molar-refractivity contribution is 5.73. The fourth-order valence-electron chi connectivity index (χ4n) is 3.51. The number of rotatable bonds is 8. The molecule has 0 spiro atoms. The summed E-state index contributed by atoms with van der Waals surface area (Å²) >= 11 is 0. The number of hydrogen-bond acceptors (Lipinski definition) is 6. The van der Waals surface area contributed by atoms with Crippen molar-refractivity contribution in [1.82, 2.24) is 15.1 Å². The molecule has 0 unspecified atom stereocenters. The van der Waals surface area contributed by atoms with Gasteiger partial charge in [-0.3, -0.25) is 20.1 Å². The summed E-state index contributed by atoms with van der Waals surface area (Å²) in [5, 5.41) is 19.2. The standard InChI is InChI=1S/C19H26N4O4/c1-4-8-22-9-7-15-14(12-22)18(21-20-15)13-10-16(23(24)25)19(27-6-3)17(11-13)26-5-2/h10-11H,4-9,12H2,1-3H3,(H,20,21). The highest BCUT2D eigenvalue weighted by atomic mass is 16.6. The Balaban J connectivity index is 2.07. The van der Waals surface area contributed by atoms with E-state index in [1.54, 1.807) is 13.0 Å². The molecule has 3 rings (SSSR count). The summed E-state index contributed by atoms with van der Waals surface area (Å²) < 4.78 is 11.2. The Hall–Kier alpha value is -2.61. The number of nitro benzene ring substituents is 1. The quantitative estimate of drug-likeness (QED) is 0.561. The summed E-state index contributed by atoms with van der Waals surface area (Å²) in [6.45, 7) is 9.32. The van der Waals surface area contributed by atoms with Gasteiger partial charge in [-0.1, -0.05) is 6.92 Å². The lowest BCUT2D eigenvalue weighted by atomic mass is 10.00. The van der Waals surface area contributed by atoms with Crippen LogP contribution < -0.4 is 9.47 Å². The summed E-state index contributed by atoms with van der Waals surface area (Å²) in [5.41, 5.74) is 3.53. The fraction of sp³-hybridized carbons (Fsp3) is 0.526. The molecular formula is C19H26N4O4. The van der Waals surface area contributed by atoms with Gasteiger partial charge in [0.2, 0.25) is 5.75 Å². The van der Waals surface area contributed by atoms with Crippen molar-refractivity contribution >= 4 is 5.69 Å². The molecule has 1 N–H and O–H groups in total. The Morgan fingerprint density at radius 1 is 1.26 bits per heavy atom. The lowest BCUT2D eigenvalue weighted by molar-refractivity contribution is -0.385. The van der Waals surface area contributed by atoms with Crippen LogP contribution in [0.3, 0.4) is 0 Å². The van der Waals surface area contributed by atoms with Gasteiger partial charge < -0.3 is 9.47 Å². The third-order valence-corrected chi connectivity index (χ3v) is 4.65. The highest BCUT2D eigenvalue weighted by Gasteiger charge is 2.27. The van der Waals surface area contributed by atoms with Crippen LogP contribution in [0.2, 0.25) is 0 Å². The van der Waals surface area contributed by atoms with Gasteiger partial charge in [0.05, 0.1) is 23.8 Å². The Morgan fingerprint density at radius 2 is 2.04 bits per heavy atom. The van der Waals surface area contributed by atoms with E-state index in [0.29, 0.717) is 24.5 Å². The number of fused-ring (bicyclic) bond motifs is 1. The van der Waals surface area contributed by atoms with Crippen LogP contribution in [0, 0.1) is 10.1 Å². The second-order valence-corrected chi connectivity index (χ2v) is 6.50. The molecule has 0 bridgehead atoms. The molecule has 0 fully saturated rings. The first kappa shape index (κ1) is 19.2. The molecule has 1 aliphatic rings. The number of ether oxygens (including phenoxy) is 2. The first-order chi connectivity index (χ1) is 13.1. The molecule has 0 saturated heterocycles. The van der Waals surface area contributed by atoms with Crippen molar-refractivity contribution in [3.63, 3.8) is 0 Å². The first-order valence-corrected chi connectivity index (χ1v) is 9.45. The van der Waals surface area contributed by atoms with E-state index in [-0.39, 0.29) is 11.4 Å². The summed E-state index contributed by atoms with van der Waals surface area (Å²) in [6.07, 6.45) is 1.99. The van der Waals surface area contributed by atoms with Crippen LogP contribution >= 0.6 is 0 Å². The zero-order chi connectivity index (χ0) is 19.4. The Kier molecular flexibility index (Phi) is 5.95. The predicted octanol–water partition coefficient (Wildman–Crippen LogP) is 3.55. The molecule has 2 aromatic rings. The van der Waals surface area contributed by atoms with E-state index in [2.05, 4.69) is 22.0 Å². The molecule has 8 nitrogen and oxygen atoms in total. The van der Waals surface area contributed by atoms with Gasteiger partial charge in [-0.2, -0.15) is 5.10 Å². The minimum Gasteiger partial charge on any atom is -0.490 e. The van der Waals surface area contributed by atoms with Crippen LogP contribution in [0.1, 0.15) is 38.4 Å². The molecule has 0 aliphatic carbocycles. The second kappa shape index (κ2) is 8.39. The molecule has 0 saturated carbocycles. The van der Waals surface area contributed by atoms with E-state index < -0.39 is 4.92 Å². The van der Waals surface area contributed by atoms with Gasteiger partial charge in [0.1, 0.15) is 0 Å². The molecule has 0 amide bonds. The zero-order valence-corrected chi connectivity index (χ0v) is 16.1. The van der Waals surface area contributed by atoms with Crippen molar-refractivity contribution in [2.45, 2.75) is 40.2 Å². The molecule has 1 aromatic heterocycles. The summed E-state index contributed by atoms with van der Waals surface area (Å²) in [6, 6.07) is 3.32. The summed E-state index contributed by atoms with van der Waals surface area (Å²) in [4.78, 5) is 13.6. The number of H-pyrrole nitrogens is 1. The van der Waals surface area contributed by atoms with E-state index in [1.807, 2.05) is 6.92 Å². The summed E-state index contributed by atoms with van der Waals surface area (Å²) in [7, 11) is 0. The normalized spacial score (nSPS) is 14.0. The smallest absolute Gasteiger partial charge is 0.315 e. The zero-order valence-electron chi connectivity index (χ0n) is 16.1. The van der Waals surface area contributed by atoms with E-state index >= 15 is 0 Å². The van der Waals surface area contributed by atoms with Crippen molar-refractivity contribution in [2.24, 2.45) is 0 Å². The van der Waals surface area contributed by atoms with Gasteiger partial charge in [-0.05, 0) is 32.9 Å². The molecule has 146 valence electrons. The van der Waals surface area contributed by atoms with E-state index in [0.717, 1.165) is 49.4 Å². The number of aromatic nitrogens is 2. The molecular weight excluding hydrogens is 348 g/mol. The Labute approximate surface area is 158 Å². The molecule has 2 heterocycles. The number of nitrogens with zero attached hydrogens (tertiary/aromatic N) is 3. The fourth-order valence-corrected chi connectivity index (χ4v) is 3.51. The number of nitrogens with one attached hydrogen (secondary N) is 1. The lowest BCUT2D eigenvalue weighted by Gasteiger charge is -2.26. The van der Waals surface area contributed by atoms with Crippen LogP contribution in [-0.4, -0.2) is 46.3 Å². The van der Waals surface area contributed by atoms with Gasteiger partial charge in [0, 0.05) is 42.4 Å². The number of hydrogen-bond donors (Lipinski definition) is 1. The molecule has 27 heavy (non-hydrogen) atoms. The molecule has 1 aliphatic heterocycles. The Morgan fingerprint density at radius 3 is 2.70 bits per heavy atom. The maximum absolute atomic E-state index is 11.6.